The van der Waals surface area contributed by atoms with E-state index in [9.17, 15) is 26.0 Å². The number of amides is 1. The number of sulfone groups is 1. The fraction of sp³-hybridized carbons (Fsp3) is 0.600. The zero-order chi connectivity index (χ0) is 23.8. The Kier molecular flexibility index (Phi) is 9.94. The molecule has 2 atom stereocenters. The van der Waals surface area contributed by atoms with Gasteiger partial charge in [-0.1, -0.05) is 12.8 Å². The summed E-state index contributed by atoms with van der Waals surface area (Å²) in [4.78, 5) is 12.4. The molecule has 1 aliphatic rings. The minimum absolute atomic E-state index is 0.0413. The van der Waals surface area contributed by atoms with Gasteiger partial charge in [0.15, 0.2) is 9.84 Å². The lowest BCUT2D eigenvalue weighted by Crippen LogP contribution is -2.39. The molecule has 0 aliphatic heterocycles. The molecular formula is C20H28FN3O5S3. The smallest absolute Gasteiger partial charge is 0.224 e. The standard InChI is InChI=1S/C20H28FN3O5S3/c1-2-32(28,29)24-11-12-30-19-8-7-16(13-18(19)21)31(26,27)14-15-5-3-4-6-17(15)20(25)23-10-9-22/h7-8,13,15,17,24H,2-6,10-12,14H2,1H3,(H,23,25)/t15-,17+/m0/s1. The van der Waals surface area contributed by atoms with Crippen molar-refractivity contribution in [1.29, 1.82) is 5.26 Å². The lowest BCUT2D eigenvalue weighted by Gasteiger charge is -2.30. The van der Waals surface area contributed by atoms with Gasteiger partial charge in [0, 0.05) is 23.1 Å². The predicted octanol–water partition coefficient (Wildman–Crippen LogP) is 2.08. The Morgan fingerprint density at radius 3 is 2.62 bits per heavy atom. The summed E-state index contributed by atoms with van der Waals surface area (Å²) in [6.07, 6.45) is 2.77. The molecule has 1 aliphatic carbocycles. The second-order valence-corrected chi connectivity index (χ2v) is 12.8. The zero-order valence-corrected chi connectivity index (χ0v) is 20.3. The number of hydrogen-bond acceptors (Lipinski definition) is 7. The quantitative estimate of drug-likeness (QED) is 0.267. The second-order valence-electron chi connectivity index (χ2n) is 7.55. The molecule has 2 rings (SSSR count). The van der Waals surface area contributed by atoms with Crippen LogP contribution in [-0.4, -0.2) is 53.1 Å². The van der Waals surface area contributed by atoms with Crippen molar-refractivity contribution in [3.05, 3.63) is 24.0 Å². The monoisotopic (exact) mass is 505 g/mol. The summed E-state index contributed by atoms with van der Waals surface area (Å²) in [6.45, 7) is 1.53. The summed E-state index contributed by atoms with van der Waals surface area (Å²) >= 11 is 1.09. The molecule has 1 aromatic carbocycles. The molecule has 0 heterocycles. The molecule has 12 heteroatoms. The maximum Gasteiger partial charge on any atom is 0.224 e. The number of benzene rings is 1. The van der Waals surface area contributed by atoms with Crippen LogP contribution < -0.4 is 10.0 Å². The third-order valence-electron chi connectivity index (χ3n) is 5.35. The van der Waals surface area contributed by atoms with Crippen LogP contribution in [0.25, 0.3) is 0 Å². The highest BCUT2D eigenvalue weighted by Gasteiger charge is 2.34. The molecule has 178 valence electrons. The van der Waals surface area contributed by atoms with Gasteiger partial charge in [-0.2, -0.15) is 5.26 Å². The third-order valence-corrected chi connectivity index (χ3v) is 9.64. The summed E-state index contributed by atoms with van der Waals surface area (Å²) in [6, 6.07) is 5.52. The van der Waals surface area contributed by atoms with Crippen molar-refractivity contribution in [2.45, 2.75) is 42.4 Å². The van der Waals surface area contributed by atoms with Gasteiger partial charge in [0.1, 0.15) is 12.4 Å². The number of sulfonamides is 1. The van der Waals surface area contributed by atoms with E-state index in [0.29, 0.717) is 18.6 Å². The average Bonchev–Trinajstić information content (AvgIpc) is 2.76. The molecule has 0 radical (unpaired) electrons. The van der Waals surface area contributed by atoms with Crippen LogP contribution in [0.2, 0.25) is 0 Å². The Morgan fingerprint density at radius 1 is 1.25 bits per heavy atom. The summed E-state index contributed by atoms with van der Waals surface area (Å²) in [5.41, 5.74) is 0. The first-order valence-corrected chi connectivity index (χ1v) is 14.7. The summed E-state index contributed by atoms with van der Waals surface area (Å²) in [5.74, 6) is -1.90. The van der Waals surface area contributed by atoms with Gasteiger partial charge in [0.05, 0.1) is 22.5 Å². The number of rotatable bonds is 11. The molecule has 2 N–H and O–H groups in total. The van der Waals surface area contributed by atoms with Crippen molar-refractivity contribution >= 4 is 37.5 Å². The van der Waals surface area contributed by atoms with Crippen LogP contribution in [0, 0.1) is 29.0 Å². The Hall–Kier alpha value is -1.68. The third kappa shape index (κ3) is 7.72. The van der Waals surface area contributed by atoms with Gasteiger partial charge >= 0.3 is 0 Å². The predicted molar refractivity (Wildman–Crippen MR) is 121 cm³/mol. The van der Waals surface area contributed by atoms with Crippen LogP contribution in [0.4, 0.5) is 4.39 Å². The van der Waals surface area contributed by atoms with Crippen molar-refractivity contribution in [2.24, 2.45) is 11.8 Å². The summed E-state index contributed by atoms with van der Waals surface area (Å²) < 4.78 is 65.6. The lowest BCUT2D eigenvalue weighted by atomic mass is 9.80. The first kappa shape index (κ1) is 26.6. The fourth-order valence-electron chi connectivity index (χ4n) is 3.64. The van der Waals surface area contributed by atoms with Gasteiger partial charge in [0.25, 0.3) is 0 Å². The highest BCUT2D eigenvalue weighted by atomic mass is 32.2. The largest absolute Gasteiger partial charge is 0.343 e. The van der Waals surface area contributed by atoms with E-state index in [1.165, 1.54) is 19.1 Å². The van der Waals surface area contributed by atoms with E-state index < -0.39 is 37.5 Å². The number of hydrogen-bond donors (Lipinski definition) is 2. The zero-order valence-electron chi connectivity index (χ0n) is 17.8. The van der Waals surface area contributed by atoms with Crippen molar-refractivity contribution in [3.8, 4) is 6.07 Å². The normalized spacial score (nSPS) is 19.3. The van der Waals surface area contributed by atoms with E-state index in [0.717, 1.165) is 30.7 Å². The molecule has 1 aromatic rings. The molecule has 0 spiro atoms. The van der Waals surface area contributed by atoms with Gasteiger partial charge in [-0.25, -0.2) is 25.9 Å². The van der Waals surface area contributed by atoms with Crippen LogP contribution in [0.15, 0.2) is 28.0 Å². The van der Waals surface area contributed by atoms with E-state index in [-0.39, 0.29) is 40.3 Å². The van der Waals surface area contributed by atoms with Crippen LogP contribution in [-0.2, 0) is 24.7 Å². The molecule has 1 fully saturated rings. The Labute approximate surface area is 193 Å². The highest BCUT2D eigenvalue weighted by molar-refractivity contribution is 7.99. The van der Waals surface area contributed by atoms with Gasteiger partial charge in [-0.05, 0) is 43.9 Å². The van der Waals surface area contributed by atoms with Crippen molar-refractivity contribution in [3.63, 3.8) is 0 Å². The molecule has 0 aromatic heterocycles. The van der Waals surface area contributed by atoms with Crippen molar-refractivity contribution in [1.82, 2.24) is 10.0 Å². The summed E-state index contributed by atoms with van der Waals surface area (Å²) in [7, 11) is -7.14. The Bertz CT molecular complexity index is 1050. The maximum atomic E-state index is 14.5. The molecular weight excluding hydrogens is 477 g/mol. The summed E-state index contributed by atoms with van der Waals surface area (Å²) in [5, 5.41) is 11.2. The topological polar surface area (TPSA) is 133 Å². The number of carbonyl (C=O) groups is 1. The molecule has 0 unspecified atom stereocenters. The van der Waals surface area contributed by atoms with Crippen LogP contribution in [0.5, 0.6) is 0 Å². The first-order chi connectivity index (χ1) is 15.1. The van der Waals surface area contributed by atoms with Crippen molar-refractivity contribution < 1.29 is 26.0 Å². The molecule has 0 bridgehead atoms. The molecule has 1 saturated carbocycles. The number of halogens is 1. The minimum Gasteiger partial charge on any atom is -0.343 e. The molecule has 8 nitrogen and oxygen atoms in total. The van der Waals surface area contributed by atoms with Gasteiger partial charge < -0.3 is 5.32 Å². The van der Waals surface area contributed by atoms with Crippen LogP contribution in [0.3, 0.4) is 0 Å². The SMILES string of the molecule is CCS(=O)(=O)NCCSc1ccc(S(=O)(=O)C[C@@H]2CCCC[C@H]2C(=O)NCC#N)cc1F. The number of thioether (sulfide) groups is 1. The van der Waals surface area contributed by atoms with E-state index in [1.807, 2.05) is 6.07 Å². The van der Waals surface area contributed by atoms with E-state index >= 15 is 0 Å². The average molecular weight is 506 g/mol. The number of nitrogens with one attached hydrogen (secondary N) is 2. The van der Waals surface area contributed by atoms with E-state index in [2.05, 4.69) is 10.0 Å². The molecule has 32 heavy (non-hydrogen) atoms. The van der Waals surface area contributed by atoms with Gasteiger partial charge in [-0.3, -0.25) is 4.79 Å². The van der Waals surface area contributed by atoms with E-state index in [1.54, 1.807) is 0 Å². The molecule has 0 saturated heterocycles. The number of nitrogens with zero attached hydrogens (tertiary/aromatic N) is 1. The Balaban J connectivity index is 2.04. The Morgan fingerprint density at radius 2 is 1.97 bits per heavy atom. The van der Waals surface area contributed by atoms with Crippen LogP contribution >= 0.6 is 11.8 Å². The first-order valence-electron chi connectivity index (χ1n) is 10.4. The highest BCUT2D eigenvalue weighted by Crippen LogP contribution is 2.33. The second kappa shape index (κ2) is 12.0. The van der Waals surface area contributed by atoms with Crippen molar-refractivity contribution in [2.75, 3.05) is 30.3 Å². The van der Waals surface area contributed by atoms with E-state index in [4.69, 9.17) is 5.26 Å². The molecule has 1 amide bonds. The minimum atomic E-state index is -3.82. The van der Waals surface area contributed by atoms with Crippen LogP contribution in [0.1, 0.15) is 32.6 Å². The maximum absolute atomic E-state index is 14.5. The van der Waals surface area contributed by atoms with Gasteiger partial charge in [-0.15, -0.1) is 11.8 Å². The fourth-order valence-corrected chi connectivity index (χ4v) is 6.89. The van der Waals surface area contributed by atoms with Gasteiger partial charge in [0.2, 0.25) is 15.9 Å². The number of carbonyl (C=O) groups excluding carboxylic acids is 1. The lowest BCUT2D eigenvalue weighted by molar-refractivity contribution is -0.127. The number of nitriles is 1.